The van der Waals surface area contributed by atoms with Gasteiger partial charge in [0.2, 0.25) is 0 Å². The average Bonchev–Trinajstić information content (AvgIpc) is 2.58. The Balaban J connectivity index is 2.53. The van der Waals surface area contributed by atoms with Crippen LogP contribution in [0.4, 0.5) is 0 Å². The van der Waals surface area contributed by atoms with E-state index in [0.717, 1.165) is 12.8 Å². The monoisotopic (exact) mass is 228 g/mol. The van der Waals surface area contributed by atoms with Gasteiger partial charge in [-0.15, -0.1) is 0 Å². The number of likely N-dealkylation sites (N-methyl/N-ethyl adjacent to an activating group) is 1. The van der Waals surface area contributed by atoms with E-state index >= 15 is 0 Å². The molecule has 1 saturated carbocycles. The van der Waals surface area contributed by atoms with Crippen LogP contribution in [0.5, 0.6) is 0 Å². The summed E-state index contributed by atoms with van der Waals surface area (Å²) in [7, 11) is 3.41. The highest BCUT2D eigenvalue weighted by Gasteiger charge is 2.26. The lowest BCUT2D eigenvalue weighted by molar-refractivity contribution is -0.142. The molecular formula is C12H24N2O2. The van der Waals surface area contributed by atoms with Gasteiger partial charge in [-0.1, -0.05) is 25.7 Å². The molecule has 4 nitrogen and oxygen atoms in total. The van der Waals surface area contributed by atoms with Crippen molar-refractivity contribution in [2.75, 3.05) is 20.7 Å². The average molecular weight is 228 g/mol. The number of amides is 1. The van der Waals surface area contributed by atoms with E-state index < -0.39 is 6.10 Å². The van der Waals surface area contributed by atoms with E-state index in [9.17, 15) is 4.79 Å². The fourth-order valence-corrected chi connectivity index (χ4v) is 2.35. The van der Waals surface area contributed by atoms with Crippen molar-refractivity contribution in [1.29, 1.82) is 0 Å². The summed E-state index contributed by atoms with van der Waals surface area (Å²) in [5.41, 5.74) is 5.51. The molecular weight excluding hydrogens is 204 g/mol. The molecule has 0 spiro atoms. The second-order valence-corrected chi connectivity index (χ2v) is 4.55. The second kappa shape index (κ2) is 6.86. The molecule has 1 unspecified atom stereocenters. The summed E-state index contributed by atoms with van der Waals surface area (Å²) >= 11 is 0. The Morgan fingerprint density at radius 2 is 1.94 bits per heavy atom. The van der Waals surface area contributed by atoms with Crippen LogP contribution >= 0.6 is 0 Å². The third-order valence-electron chi connectivity index (χ3n) is 3.49. The minimum absolute atomic E-state index is 0.0249. The predicted molar refractivity (Wildman–Crippen MR) is 64.1 cm³/mol. The van der Waals surface area contributed by atoms with Gasteiger partial charge in [0.05, 0.1) is 0 Å². The Hall–Kier alpha value is -0.610. The molecule has 0 aliphatic heterocycles. The number of hydrogen-bond acceptors (Lipinski definition) is 3. The summed E-state index contributed by atoms with van der Waals surface area (Å²) in [5, 5.41) is 0. The van der Waals surface area contributed by atoms with Crippen molar-refractivity contribution in [3.05, 3.63) is 0 Å². The van der Waals surface area contributed by atoms with Crippen molar-refractivity contribution >= 4 is 5.91 Å². The van der Waals surface area contributed by atoms with Crippen LogP contribution in [0.1, 0.15) is 38.5 Å². The van der Waals surface area contributed by atoms with E-state index in [1.54, 1.807) is 0 Å². The van der Waals surface area contributed by atoms with Gasteiger partial charge >= 0.3 is 0 Å². The zero-order chi connectivity index (χ0) is 12.0. The summed E-state index contributed by atoms with van der Waals surface area (Å²) in [5.74, 6) is 0.0249. The second-order valence-electron chi connectivity index (χ2n) is 4.55. The summed E-state index contributed by atoms with van der Waals surface area (Å²) in [6.07, 6.45) is 6.79. The molecule has 0 aromatic rings. The van der Waals surface area contributed by atoms with Crippen molar-refractivity contribution in [3.63, 3.8) is 0 Å². The van der Waals surface area contributed by atoms with Crippen LogP contribution in [0.2, 0.25) is 0 Å². The first-order valence-corrected chi connectivity index (χ1v) is 6.20. The van der Waals surface area contributed by atoms with Crippen molar-refractivity contribution in [1.82, 2.24) is 4.90 Å². The maximum atomic E-state index is 12.0. The number of methoxy groups -OCH3 is 1. The summed E-state index contributed by atoms with van der Waals surface area (Å²) < 4.78 is 5.09. The number of nitrogens with two attached hydrogens (primary N) is 1. The molecule has 1 rings (SSSR count). The predicted octanol–water partition coefficient (Wildman–Crippen LogP) is 1.14. The van der Waals surface area contributed by atoms with Gasteiger partial charge in [0.15, 0.2) is 0 Å². The maximum absolute atomic E-state index is 12.0. The fourth-order valence-electron chi connectivity index (χ4n) is 2.35. The van der Waals surface area contributed by atoms with Gasteiger partial charge in [0.1, 0.15) is 6.10 Å². The summed E-state index contributed by atoms with van der Waals surface area (Å²) in [6.45, 7) is 0.256. The molecule has 1 fully saturated rings. The highest BCUT2D eigenvalue weighted by Crippen LogP contribution is 2.21. The Morgan fingerprint density at radius 1 is 1.38 bits per heavy atom. The molecule has 0 aromatic carbocycles. The van der Waals surface area contributed by atoms with Gasteiger partial charge in [-0.25, -0.2) is 0 Å². The topological polar surface area (TPSA) is 55.6 Å². The molecule has 0 heterocycles. The van der Waals surface area contributed by atoms with Gasteiger partial charge in [0, 0.05) is 26.7 Å². The highest BCUT2D eigenvalue weighted by atomic mass is 16.5. The Bertz CT molecular complexity index is 209. The Labute approximate surface area is 98.1 Å². The van der Waals surface area contributed by atoms with Crippen molar-refractivity contribution in [3.8, 4) is 0 Å². The minimum atomic E-state index is -0.478. The molecule has 0 saturated heterocycles. The minimum Gasteiger partial charge on any atom is -0.370 e. The van der Waals surface area contributed by atoms with Crippen LogP contribution in [0.15, 0.2) is 0 Å². The Morgan fingerprint density at radius 3 is 2.38 bits per heavy atom. The van der Waals surface area contributed by atoms with Gasteiger partial charge in [-0.2, -0.15) is 0 Å². The van der Waals surface area contributed by atoms with Crippen molar-refractivity contribution in [2.45, 2.75) is 50.7 Å². The van der Waals surface area contributed by atoms with E-state index in [-0.39, 0.29) is 12.5 Å². The first kappa shape index (κ1) is 13.5. The smallest absolute Gasteiger partial charge is 0.252 e. The Kier molecular flexibility index (Phi) is 5.77. The molecule has 2 N–H and O–H groups in total. The number of carbonyl (C=O) groups is 1. The molecule has 1 amide bonds. The maximum Gasteiger partial charge on any atom is 0.252 e. The molecule has 4 heteroatoms. The SMILES string of the molecule is COC(CN)C(=O)N(C)C1CCCCCC1. The van der Waals surface area contributed by atoms with Gasteiger partial charge < -0.3 is 15.4 Å². The first-order chi connectivity index (χ1) is 7.70. The van der Waals surface area contributed by atoms with Crippen LogP contribution < -0.4 is 5.73 Å². The third-order valence-corrected chi connectivity index (χ3v) is 3.49. The molecule has 1 aliphatic carbocycles. The number of rotatable bonds is 4. The van der Waals surface area contributed by atoms with Gasteiger partial charge in [-0.05, 0) is 12.8 Å². The fraction of sp³-hybridized carbons (Fsp3) is 0.917. The molecule has 0 bridgehead atoms. The van der Waals surface area contributed by atoms with Crippen molar-refractivity contribution < 1.29 is 9.53 Å². The molecule has 0 radical (unpaired) electrons. The van der Waals surface area contributed by atoms with E-state index in [1.807, 2.05) is 11.9 Å². The normalized spacial score (nSPS) is 20.2. The molecule has 1 atom stereocenters. The van der Waals surface area contributed by atoms with Crippen LogP contribution in [0.3, 0.4) is 0 Å². The largest absolute Gasteiger partial charge is 0.370 e. The molecule has 1 aliphatic rings. The number of hydrogen-bond donors (Lipinski definition) is 1. The lowest BCUT2D eigenvalue weighted by Crippen LogP contribution is -2.46. The molecule has 94 valence electrons. The molecule has 0 aromatic heterocycles. The van der Waals surface area contributed by atoms with Crippen LogP contribution in [-0.4, -0.2) is 43.7 Å². The van der Waals surface area contributed by atoms with E-state index in [0.29, 0.717) is 6.04 Å². The third kappa shape index (κ3) is 3.46. The van der Waals surface area contributed by atoms with Crippen LogP contribution in [0.25, 0.3) is 0 Å². The van der Waals surface area contributed by atoms with E-state index in [4.69, 9.17) is 10.5 Å². The highest BCUT2D eigenvalue weighted by molar-refractivity contribution is 5.81. The van der Waals surface area contributed by atoms with E-state index in [1.165, 1.54) is 32.8 Å². The first-order valence-electron chi connectivity index (χ1n) is 6.20. The standard InChI is InChI=1S/C12H24N2O2/c1-14(12(15)11(9-13)16-2)10-7-5-3-4-6-8-10/h10-11H,3-9,13H2,1-2H3. The summed E-state index contributed by atoms with van der Waals surface area (Å²) in [6, 6.07) is 0.374. The lowest BCUT2D eigenvalue weighted by Gasteiger charge is -2.29. The quantitative estimate of drug-likeness (QED) is 0.734. The van der Waals surface area contributed by atoms with Crippen LogP contribution in [0, 0.1) is 0 Å². The molecule has 16 heavy (non-hydrogen) atoms. The summed E-state index contributed by atoms with van der Waals surface area (Å²) in [4.78, 5) is 13.9. The lowest BCUT2D eigenvalue weighted by atomic mass is 10.1. The van der Waals surface area contributed by atoms with Crippen molar-refractivity contribution in [2.24, 2.45) is 5.73 Å². The number of ether oxygens (including phenoxy) is 1. The number of carbonyl (C=O) groups excluding carboxylic acids is 1. The zero-order valence-corrected chi connectivity index (χ0v) is 10.4. The van der Waals surface area contributed by atoms with Gasteiger partial charge in [0.25, 0.3) is 5.91 Å². The zero-order valence-electron chi connectivity index (χ0n) is 10.4. The van der Waals surface area contributed by atoms with E-state index in [2.05, 4.69) is 0 Å². The van der Waals surface area contributed by atoms with Crippen LogP contribution in [-0.2, 0) is 9.53 Å². The van der Waals surface area contributed by atoms with Gasteiger partial charge in [-0.3, -0.25) is 4.79 Å². The number of nitrogens with zero attached hydrogens (tertiary/aromatic N) is 1.